The van der Waals surface area contributed by atoms with Crippen LogP contribution in [0.2, 0.25) is 5.15 Å². The number of carbonyl (C=O) groups is 1. The van der Waals surface area contributed by atoms with E-state index >= 15 is 0 Å². The van der Waals surface area contributed by atoms with Crippen molar-refractivity contribution in [1.82, 2.24) is 10.3 Å². The number of alkyl carbamates (subject to hydrolysis) is 1. The number of amides is 1. The first-order valence-electron chi connectivity index (χ1n) is 4.99. The van der Waals surface area contributed by atoms with Crippen LogP contribution < -0.4 is 5.32 Å². The van der Waals surface area contributed by atoms with Crippen LogP contribution in [0.1, 0.15) is 26.5 Å². The van der Waals surface area contributed by atoms with E-state index in [1.165, 1.54) is 0 Å². The van der Waals surface area contributed by atoms with Crippen molar-refractivity contribution >= 4 is 23.5 Å². The largest absolute Gasteiger partial charge is 0.444 e. The average Bonchev–Trinajstić information content (AvgIpc) is 2.14. The van der Waals surface area contributed by atoms with E-state index in [0.717, 1.165) is 0 Å². The van der Waals surface area contributed by atoms with Gasteiger partial charge in [-0.3, -0.25) is 10.7 Å². The molecule has 2 N–H and O–H groups in total. The van der Waals surface area contributed by atoms with Gasteiger partial charge < -0.3 is 4.74 Å². The van der Waals surface area contributed by atoms with E-state index < -0.39 is 11.7 Å². The van der Waals surface area contributed by atoms with Crippen molar-refractivity contribution in [2.45, 2.75) is 26.4 Å². The lowest BCUT2D eigenvalue weighted by Gasteiger charge is -2.19. The van der Waals surface area contributed by atoms with E-state index in [0.29, 0.717) is 0 Å². The van der Waals surface area contributed by atoms with Crippen LogP contribution >= 0.6 is 11.6 Å². The Morgan fingerprint density at radius 2 is 2.12 bits per heavy atom. The molecule has 0 unspecified atom stereocenters. The van der Waals surface area contributed by atoms with Gasteiger partial charge in [-0.25, -0.2) is 9.78 Å². The number of rotatable bonds is 1. The Hall–Kier alpha value is -1.62. The van der Waals surface area contributed by atoms with E-state index in [4.69, 9.17) is 21.7 Å². The third kappa shape index (κ3) is 4.82. The predicted octanol–water partition coefficient (Wildman–Crippen LogP) is 2.59. The highest BCUT2D eigenvalue weighted by atomic mass is 35.5. The van der Waals surface area contributed by atoms with Gasteiger partial charge in [-0.2, -0.15) is 0 Å². The first kappa shape index (κ1) is 13.4. The molecule has 1 heterocycles. The predicted molar refractivity (Wildman–Crippen MR) is 65.4 cm³/mol. The summed E-state index contributed by atoms with van der Waals surface area (Å²) in [5, 5.41) is 10.2. The Morgan fingerprint density at radius 3 is 2.65 bits per heavy atom. The van der Waals surface area contributed by atoms with Crippen LogP contribution in [0.25, 0.3) is 0 Å². The van der Waals surface area contributed by atoms with Gasteiger partial charge in [-0.1, -0.05) is 17.7 Å². The van der Waals surface area contributed by atoms with Crippen LogP contribution in [0.3, 0.4) is 0 Å². The molecular weight excluding hydrogens is 242 g/mol. The van der Waals surface area contributed by atoms with Crippen LogP contribution in [0, 0.1) is 5.41 Å². The fourth-order valence-corrected chi connectivity index (χ4v) is 1.18. The molecule has 0 atom stereocenters. The number of carbonyl (C=O) groups excluding carboxylic acids is 1. The molecule has 1 aromatic heterocycles. The molecule has 0 aromatic carbocycles. The summed E-state index contributed by atoms with van der Waals surface area (Å²) < 4.78 is 5.01. The minimum absolute atomic E-state index is 0.151. The normalized spacial score (nSPS) is 10.8. The lowest BCUT2D eigenvalue weighted by Crippen LogP contribution is -2.36. The molecule has 0 saturated carbocycles. The lowest BCUT2D eigenvalue weighted by atomic mass is 10.2. The summed E-state index contributed by atoms with van der Waals surface area (Å²) in [6.45, 7) is 5.23. The highest BCUT2D eigenvalue weighted by Gasteiger charge is 2.17. The molecule has 0 aliphatic rings. The second kappa shape index (κ2) is 5.14. The number of ether oxygens (including phenoxy) is 1. The second-order valence-corrected chi connectivity index (χ2v) is 4.73. The minimum atomic E-state index is -0.690. The number of hydrogen-bond acceptors (Lipinski definition) is 4. The van der Waals surface area contributed by atoms with Crippen molar-refractivity contribution in [3.8, 4) is 0 Å². The molecular formula is C11H14ClN3O2. The second-order valence-electron chi connectivity index (χ2n) is 4.35. The molecule has 1 amide bonds. The molecule has 0 aliphatic carbocycles. The first-order chi connectivity index (χ1) is 7.78. The number of nitrogens with one attached hydrogen (secondary N) is 2. The highest BCUT2D eigenvalue weighted by molar-refractivity contribution is 6.29. The molecule has 0 aliphatic heterocycles. The van der Waals surface area contributed by atoms with Crippen molar-refractivity contribution < 1.29 is 9.53 Å². The summed E-state index contributed by atoms with van der Waals surface area (Å²) in [4.78, 5) is 15.3. The molecule has 1 aromatic rings. The fraction of sp³-hybridized carbons (Fsp3) is 0.364. The highest BCUT2D eigenvalue weighted by Crippen LogP contribution is 2.08. The van der Waals surface area contributed by atoms with Gasteiger partial charge in [-0.15, -0.1) is 0 Å². The van der Waals surface area contributed by atoms with Crippen LogP contribution in [-0.2, 0) is 4.74 Å². The van der Waals surface area contributed by atoms with Crippen molar-refractivity contribution in [2.24, 2.45) is 0 Å². The maximum Gasteiger partial charge on any atom is 0.413 e. The number of amidine groups is 1. The van der Waals surface area contributed by atoms with Crippen molar-refractivity contribution in [2.75, 3.05) is 0 Å². The van der Waals surface area contributed by atoms with Gasteiger partial charge in [0.1, 0.15) is 16.4 Å². The topological polar surface area (TPSA) is 75.1 Å². The first-order valence-corrected chi connectivity index (χ1v) is 5.37. The number of pyridine rings is 1. The molecule has 0 saturated heterocycles. The molecule has 0 spiro atoms. The average molecular weight is 256 g/mol. The number of halogens is 1. The minimum Gasteiger partial charge on any atom is -0.444 e. The summed E-state index contributed by atoms with van der Waals surface area (Å²) >= 11 is 5.68. The van der Waals surface area contributed by atoms with E-state index in [1.807, 2.05) is 0 Å². The van der Waals surface area contributed by atoms with Gasteiger partial charge in [0.15, 0.2) is 5.84 Å². The lowest BCUT2D eigenvalue weighted by molar-refractivity contribution is 0.0563. The number of hydrogen-bond donors (Lipinski definition) is 2. The van der Waals surface area contributed by atoms with Crippen molar-refractivity contribution in [1.29, 1.82) is 5.41 Å². The van der Waals surface area contributed by atoms with Gasteiger partial charge in [0, 0.05) is 0 Å². The van der Waals surface area contributed by atoms with E-state index in [1.54, 1.807) is 39.0 Å². The van der Waals surface area contributed by atoms with Gasteiger partial charge in [0.05, 0.1) is 0 Å². The van der Waals surface area contributed by atoms with Crippen molar-refractivity contribution in [3.63, 3.8) is 0 Å². The number of nitrogens with zero attached hydrogens (tertiary/aromatic N) is 1. The van der Waals surface area contributed by atoms with Gasteiger partial charge in [0.2, 0.25) is 0 Å². The van der Waals surface area contributed by atoms with Crippen molar-refractivity contribution in [3.05, 3.63) is 29.0 Å². The standard InChI is InChI=1S/C11H14ClN3O2/c1-11(2,3)17-10(16)15-9(13)7-5-4-6-8(12)14-7/h4-6H,1-3H3,(H2,13,15,16). The monoisotopic (exact) mass is 255 g/mol. The van der Waals surface area contributed by atoms with Crippen LogP contribution in [0.15, 0.2) is 18.2 Å². The fourth-order valence-electron chi connectivity index (χ4n) is 1.02. The Balaban J connectivity index is 2.64. The van der Waals surface area contributed by atoms with Gasteiger partial charge >= 0.3 is 6.09 Å². The molecule has 5 nitrogen and oxygen atoms in total. The maximum atomic E-state index is 11.4. The molecule has 17 heavy (non-hydrogen) atoms. The zero-order valence-electron chi connectivity index (χ0n) is 9.87. The summed E-state index contributed by atoms with van der Waals surface area (Å²) in [6.07, 6.45) is -0.690. The van der Waals surface area contributed by atoms with Crippen LogP contribution in [-0.4, -0.2) is 22.5 Å². The van der Waals surface area contributed by atoms with Crippen LogP contribution in [0.4, 0.5) is 4.79 Å². The molecule has 6 heteroatoms. The zero-order valence-corrected chi connectivity index (χ0v) is 10.6. The SMILES string of the molecule is CC(C)(C)OC(=O)NC(=N)c1cccc(Cl)n1. The Bertz CT molecular complexity index is 441. The quantitative estimate of drug-likeness (QED) is 0.460. The molecule has 0 radical (unpaired) electrons. The summed E-state index contributed by atoms with van der Waals surface area (Å²) in [7, 11) is 0. The Morgan fingerprint density at radius 1 is 1.47 bits per heavy atom. The van der Waals surface area contributed by atoms with Gasteiger partial charge in [0.25, 0.3) is 0 Å². The Kier molecular flexibility index (Phi) is 4.07. The molecule has 0 bridgehead atoms. The smallest absolute Gasteiger partial charge is 0.413 e. The molecule has 0 fully saturated rings. The summed E-state index contributed by atoms with van der Waals surface area (Å²) in [5.41, 5.74) is -0.324. The molecule has 1 rings (SSSR count). The molecule has 92 valence electrons. The van der Waals surface area contributed by atoms with E-state index in [-0.39, 0.29) is 16.7 Å². The zero-order chi connectivity index (χ0) is 13.1. The van der Waals surface area contributed by atoms with Gasteiger partial charge in [-0.05, 0) is 32.9 Å². The van der Waals surface area contributed by atoms with E-state index in [9.17, 15) is 4.79 Å². The summed E-state index contributed by atoms with van der Waals surface area (Å²) in [5.74, 6) is -0.151. The maximum absolute atomic E-state index is 11.4. The summed E-state index contributed by atoms with van der Waals surface area (Å²) in [6, 6.07) is 4.81. The third-order valence-corrected chi connectivity index (χ3v) is 1.81. The van der Waals surface area contributed by atoms with Crippen LogP contribution in [0.5, 0.6) is 0 Å². The van der Waals surface area contributed by atoms with E-state index in [2.05, 4.69) is 10.3 Å². The number of aromatic nitrogens is 1. The third-order valence-electron chi connectivity index (χ3n) is 1.60. The Labute approximate surface area is 105 Å².